The number of aromatic amines is 1. The highest BCUT2D eigenvalue weighted by molar-refractivity contribution is 7.47. The molecule has 0 saturated carbocycles. The largest absolute Gasteiger partial charge is 0.472 e. The molecule has 2 rings (SSSR count). The van der Waals surface area contributed by atoms with Crippen LogP contribution in [0.1, 0.15) is 200 Å². The first kappa shape index (κ1) is 60.3. The smallest absolute Gasteiger partial charge is 0.466 e. The van der Waals surface area contributed by atoms with E-state index in [4.69, 9.17) is 13.8 Å². The van der Waals surface area contributed by atoms with E-state index in [1.54, 1.807) is 6.20 Å². The van der Waals surface area contributed by atoms with Crippen molar-refractivity contribution in [2.24, 2.45) is 5.92 Å². The highest BCUT2D eigenvalue weighted by atomic mass is 31.2. The van der Waals surface area contributed by atoms with Gasteiger partial charge in [-0.2, -0.15) is 0 Å². The van der Waals surface area contributed by atoms with Crippen molar-refractivity contribution in [2.45, 2.75) is 213 Å². The highest BCUT2D eigenvalue weighted by Gasteiger charge is 2.29. The summed E-state index contributed by atoms with van der Waals surface area (Å²) in [5, 5.41) is 11.8. The molecule has 388 valence electrons. The molecule has 0 aliphatic heterocycles. The van der Waals surface area contributed by atoms with E-state index in [0.717, 1.165) is 55.0 Å². The molecule has 2 aromatic rings. The van der Waals surface area contributed by atoms with Crippen molar-refractivity contribution in [3.63, 3.8) is 0 Å². The van der Waals surface area contributed by atoms with Crippen LogP contribution < -0.4 is 21.3 Å². The summed E-state index contributed by atoms with van der Waals surface area (Å²) in [6.45, 7) is 7.23. The van der Waals surface area contributed by atoms with Crippen LogP contribution in [-0.2, 0) is 48.7 Å². The number of fused-ring (bicyclic) bond motifs is 1. The predicted molar refractivity (Wildman–Crippen MR) is 271 cm³/mol. The molecule has 1 aromatic heterocycles. The average Bonchev–Trinajstić information content (AvgIpc) is 3.73. The van der Waals surface area contributed by atoms with E-state index in [2.05, 4.69) is 40.1 Å². The van der Waals surface area contributed by atoms with Crippen molar-refractivity contribution >= 4 is 48.3 Å². The number of H-pyrrole nitrogens is 1. The van der Waals surface area contributed by atoms with Gasteiger partial charge in [0.15, 0.2) is 0 Å². The third kappa shape index (κ3) is 28.6. The van der Waals surface area contributed by atoms with Crippen molar-refractivity contribution in [3.8, 4) is 0 Å². The van der Waals surface area contributed by atoms with Gasteiger partial charge in [0.25, 0.3) is 0 Å². The van der Waals surface area contributed by atoms with Gasteiger partial charge in [0, 0.05) is 43.0 Å². The first-order chi connectivity index (χ1) is 32.9. The number of rotatable bonds is 43. The van der Waals surface area contributed by atoms with Gasteiger partial charge in [-0.05, 0) is 36.8 Å². The van der Waals surface area contributed by atoms with Gasteiger partial charge in [-0.1, -0.05) is 181 Å². The monoisotopic (exact) mass is 976 g/mol. The van der Waals surface area contributed by atoms with Crippen molar-refractivity contribution in [1.29, 1.82) is 0 Å². The van der Waals surface area contributed by atoms with Gasteiger partial charge in [-0.3, -0.25) is 33.0 Å². The zero-order valence-electron chi connectivity index (χ0n) is 42.3. The fourth-order valence-corrected chi connectivity index (χ4v) is 8.76. The molecular formula is C52H90N5O10P. The molecule has 68 heavy (non-hydrogen) atoms. The zero-order chi connectivity index (χ0) is 49.7. The average molecular weight is 976 g/mol. The molecule has 1 aromatic carbocycles. The molecule has 0 fully saturated rings. The maximum absolute atomic E-state index is 13.3. The number of amides is 4. The molecule has 6 N–H and O–H groups in total. The van der Waals surface area contributed by atoms with Gasteiger partial charge in [-0.15, -0.1) is 0 Å². The number of aromatic nitrogens is 1. The molecule has 15 nitrogen and oxygen atoms in total. The number of hydrogen-bond donors (Lipinski definition) is 6. The van der Waals surface area contributed by atoms with Gasteiger partial charge < -0.3 is 35.9 Å². The third-order valence-electron chi connectivity index (χ3n) is 12.4. The van der Waals surface area contributed by atoms with Crippen LogP contribution in [0.15, 0.2) is 30.5 Å². The van der Waals surface area contributed by atoms with Crippen LogP contribution in [-0.4, -0.2) is 84.5 Å². The molecule has 1 heterocycles. The Morgan fingerprint density at radius 3 is 1.76 bits per heavy atom. The Bertz CT molecular complexity index is 1740. The lowest BCUT2D eigenvalue weighted by Crippen LogP contribution is -2.51. The summed E-state index contributed by atoms with van der Waals surface area (Å²) in [6, 6.07) is 5.49. The standard InChI is InChI=1S/C52H90N5O10P/c1-5-8-10-12-14-16-17-18-19-21-23-25-27-34-49(60)65-37-30-35-53-51(61)46(56-47(58)33-26-24-22-20-15-13-11-9-6-2)41-67-68(63,64)66-38-36-54-52(62)50(42(4)7-3)57-48(59)39-43-40-55-45-32-29-28-31-44(43)45/h28-29,31-32,40,42,46,50,55H,5-27,30,33-39,41H2,1-4H3,(H,53,61)(H,54,62)(H,56,58)(H,57,59)(H,63,64). The number of benzene rings is 1. The van der Waals surface area contributed by atoms with E-state index in [0.29, 0.717) is 25.7 Å². The molecule has 4 unspecified atom stereocenters. The minimum absolute atomic E-state index is 0.0755. The second-order valence-electron chi connectivity index (χ2n) is 18.4. The lowest BCUT2D eigenvalue weighted by Gasteiger charge is -2.24. The van der Waals surface area contributed by atoms with Crippen LogP contribution in [0.2, 0.25) is 0 Å². The van der Waals surface area contributed by atoms with Crippen molar-refractivity contribution < 1.29 is 47.2 Å². The van der Waals surface area contributed by atoms with Crippen LogP contribution in [0, 0.1) is 5.92 Å². The Balaban J connectivity index is 1.78. The SMILES string of the molecule is CCCCCCCCCCCCCCCC(=O)OCCCNC(=O)C(COP(=O)(O)OCCNC(=O)C(NC(=O)Cc1c[nH]c2ccccc12)C(C)CC)NC(=O)CCCCCCCCCCC. The van der Waals surface area contributed by atoms with Gasteiger partial charge in [0.1, 0.15) is 12.1 Å². The molecule has 4 atom stereocenters. The van der Waals surface area contributed by atoms with E-state index in [1.165, 1.54) is 96.3 Å². The number of hydrogen-bond acceptors (Lipinski definition) is 9. The Labute approximate surface area is 408 Å². The summed E-state index contributed by atoms with van der Waals surface area (Å²) in [6.07, 6.45) is 29.0. The molecule has 0 radical (unpaired) electrons. The van der Waals surface area contributed by atoms with Gasteiger partial charge >= 0.3 is 13.8 Å². The lowest BCUT2D eigenvalue weighted by atomic mass is 9.98. The van der Waals surface area contributed by atoms with Crippen molar-refractivity contribution in [2.75, 3.05) is 32.9 Å². The molecule has 0 spiro atoms. The number of para-hydroxylation sites is 1. The molecule has 0 saturated heterocycles. The number of unbranched alkanes of at least 4 members (excludes halogenated alkanes) is 20. The van der Waals surface area contributed by atoms with Gasteiger partial charge in [0.2, 0.25) is 23.6 Å². The Kier molecular flexibility index (Phi) is 33.7. The number of esters is 1. The Hall–Kier alpha value is -3.78. The molecular weight excluding hydrogens is 886 g/mol. The summed E-state index contributed by atoms with van der Waals surface area (Å²) < 4.78 is 28.6. The van der Waals surface area contributed by atoms with E-state index in [1.807, 2.05) is 38.1 Å². The number of ether oxygens (including phenoxy) is 1. The molecule has 4 amide bonds. The maximum Gasteiger partial charge on any atom is 0.472 e. The highest BCUT2D eigenvalue weighted by Crippen LogP contribution is 2.43. The fraction of sp³-hybridized carbons (Fsp3) is 0.750. The topological polar surface area (TPSA) is 214 Å². The number of carbonyl (C=O) groups is 5. The first-order valence-corrected chi connectivity index (χ1v) is 27.9. The molecule has 16 heteroatoms. The van der Waals surface area contributed by atoms with Gasteiger partial charge in [-0.25, -0.2) is 4.57 Å². The zero-order valence-corrected chi connectivity index (χ0v) is 43.2. The normalized spacial score (nSPS) is 13.6. The van der Waals surface area contributed by atoms with Crippen LogP contribution in [0.4, 0.5) is 0 Å². The summed E-state index contributed by atoms with van der Waals surface area (Å²) in [5.41, 5.74) is 1.71. The molecule has 0 aliphatic carbocycles. The van der Waals surface area contributed by atoms with E-state index < -0.39 is 44.9 Å². The number of phosphoric acid groups is 1. The van der Waals surface area contributed by atoms with Crippen LogP contribution in [0.3, 0.4) is 0 Å². The first-order valence-electron chi connectivity index (χ1n) is 26.4. The van der Waals surface area contributed by atoms with Crippen molar-refractivity contribution in [1.82, 2.24) is 26.3 Å². The quantitative estimate of drug-likeness (QED) is 0.0210. The molecule has 0 bridgehead atoms. The summed E-state index contributed by atoms with van der Waals surface area (Å²) in [7, 11) is -4.75. The van der Waals surface area contributed by atoms with Crippen LogP contribution in [0.25, 0.3) is 10.9 Å². The summed E-state index contributed by atoms with van der Waals surface area (Å²) in [4.78, 5) is 78.4. The van der Waals surface area contributed by atoms with E-state index in [-0.39, 0.29) is 56.2 Å². The second-order valence-corrected chi connectivity index (χ2v) is 19.9. The maximum atomic E-state index is 13.3. The fourth-order valence-electron chi connectivity index (χ4n) is 8.03. The Morgan fingerprint density at radius 1 is 0.632 bits per heavy atom. The predicted octanol–water partition coefficient (Wildman–Crippen LogP) is 10.4. The minimum Gasteiger partial charge on any atom is -0.466 e. The number of phosphoric ester groups is 1. The molecule has 0 aliphatic rings. The summed E-state index contributed by atoms with van der Waals surface area (Å²) in [5.74, 6) is -2.29. The van der Waals surface area contributed by atoms with Crippen LogP contribution in [0.5, 0.6) is 0 Å². The van der Waals surface area contributed by atoms with E-state index >= 15 is 0 Å². The number of carbonyl (C=O) groups excluding carboxylic acids is 5. The van der Waals surface area contributed by atoms with Crippen molar-refractivity contribution in [3.05, 3.63) is 36.0 Å². The van der Waals surface area contributed by atoms with E-state index in [9.17, 15) is 33.4 Å². The minimum atomic E-state index is -4.75. The second kappa shape index (κ2) is 38.0. The Morgan fingerprint density at radius 2 is 1.18 bits per heavy atom. The lowest BCUT2D eigenvalue weighted by molar-refractivity contribution is -0.143. The summed E-state index contributed by atoms with van der Waals surface area (Å²) >= 11 is 0. The van der Waals surface area contributed by atoms with Crippen LogP contribution >= 0.6 is 7.82 Å². The third-order valence-corrected chi connectivity index (χ3v) is 13.4. The number of nitrogens with one attached hydrogen (secondary N) is 5. The van der Waals surface area contributed by atoms with Gasteiger partial charge in [0.05, 0.1) is 26.2 Å².